The van der Waals surface area contributed by atoms with Gasteiger partial charge in [-0.1, -0.05) is 46.3 Å². The van der Waals surface area contributed by atoms with Crippen LogP contribution >= 0.6 is 15.9 Å². The number of fused-ring (bicyclic) bond motifs is 1. The SMILES string of the molecule is NCC1(Cc2ccc(Br)cc2F)CCCc2ccccc21. The van der Waals surface area contributed by atoms with Gasteiger partial charge in [-0.15, -0.1) is 0 Å². The van der Waals surface area contributed by atoms with Crippen LogP contribution in [0.4, 0.5) is 4.39 Å². The van der Waals surface area contributed by atoms with E-state index in [1.54, 1.807) is 0 Å². The van der Waals surface area contributed by atoms with Gasteiger partial charge in [0.2, 0.25) is 0 Å². The molecule has 1 aliphatic carbocycles. The van der Waals surface area contributed by atoms with Crippen LogP contribution in [-0.2, 0) is 18.3 Å². The lowest BCUT2D eigenvalue weighted by Gasteiger charge is -2.38. The van der Waals surface area contributed by atoms with Crippen LogP contribution < -0.4 is 5.73 Å². The topological polar surface area (TPSA) is 26.0 Å². The first-order valence-electron chi connectivity index (χ1n) is 7.37. The molecule has 2 aromatic rings. The van der Waals surface area contributed by atoms with Crippen molar-refractivity contribution in [1.29, 1.82) is 0 Å². The van der Waals surface area contributed by atoms with E-state index in [-0.39, 0.29) is 11.2 Å². The van der Waals surface area contributed by atoms with E-state index in [2.05, 4.69) is 40.2 Å². The molecule has 1 aliphatic rings. The summed E-state index contributed by atoms with van der Waals surface area (Å²) in [5.41, 5.74) is 9.44. The van der Waals surface area contributed by atoms with Gasteiger partial charge in [0.25, 0.3) is 0 Å². The van der Waals surface area contributed by atoms with Gasteiger partial charge in [0.05, 0.1) is 0 Å². The van der Waals surface area contributed by atoms with Crippen LogP contribution in [0.25, 0.3) is 0 Å². The molecule has 0 aromatic heterocycles. The highest BCUT2D eigenvalue weighted by Gasteiger charge is 2.35. The minimum absolute atomic E-state index is 0.135. The fourth-order valence-electron chi connectivity index (χ4n) is 3.50. The number of rotatable bonds is 3. The summed E-state index contributed by atoms with van der Waals surface area (Å²) in [6.07, 6.45) is 3.91. The molecule has 1 nitrogen and oxygen atoms in total. The molecule has 1 atom stereocenters. The van der Waals surface area contributed by atoms with E-state index in [1.165, 1.54) is 17.2 Å². The Bertz CT molecular complexity index is 655. The fraction of sp³-hybridized carbons (Fsp3) is 0.333. The van der Waals surface area contributed by atoms with Crippen molar-refractivity contribution in [2.45, 2.75) is 31.1 Å². The Morgan fingerprint density at radius 1 is 1.19 bits per heavy atom. The summed E-state index contributed by atoms with van der Waals surface area (Å²) in [6.45, 7) is 0.555. The lowest BCUT2D eigenvalue weighted by atomic mass is 9.67. The van der Waals surface area contributed by atoms with Gasteiger partial charge >= 0.3 is 0 Å². The van der Waals surface area contributed by atoms with Crippen LogP contribution in [-0.4, -0.2) is 6.54 Å². The summed E-state index contributed by atoms with van der Waals surface area (Å²) in [5, 5.41) is 0. The quantitative estimate of drug-likeness (QED) is 0.876. The van der Waals surface area contributed by atoms with Crippen molar-refractivity contribution >= 4 is 15.9 Å². The molecular formula is C18H19BrFN. The summed E-state index contributed by atoms with van der Waals surface area (Å²) in [7, 11) is 0. The molecule has 2 N–H and O–H groups in total. The normalized spacial score (nSPS) is 21.1. The minimum Gasteiger partial charge on any atom is -0.330 e. The van der Waals surface area contributed by atoms with Crippen LogP contribution in [0.2, 0.25) is 0 Å². The molecule has 3 rings (SSSR count). The number of hydrogen-bond donors (Lipinski definition) is 1. The average molecular weight is 348 g/mol. The molecule has 0 aliphatic heterocycles. The molecule has 2 aromatic carbocycles. The van der Waals surface area contributed by atoms with Crippen LogP contribution in [0.15, 0.2) is 46.9 Å². The van der Waals surface area contributed by atoms with Gasteiger partial charge in [0.15, 0.2) is 0 Å². The number of aryl methyl sites for hydroxylation is 1. The monoisotopic (exact) mass is 347 g/mol. The predicted octanol–water partition coefficient (Wildman–Crippen LogP) is 4.36. The lowest BCUT2D eigenvalue weighted by molar-refractivity contribution is 0.360. The maximum atomic E-state index is 14.2. The summed E-state index contributed by atoms with van der Waals surface area (Å²) in [5.74, 6) is -0.153. The summed E-state index contributed by atoms with van der Waals surface area (Å²) in [6, 6.07) is 13.8. The van der Waals surface area contributed by atoms with Gasteiger partial charge in [-0.25, -0.2) is 4.39 Å². The number of halogens is 2. The van der Waals surface area contributed by atoms with Gasteiger partial charge in [0, 0.05) is 16.4 Å². The third-order valence-electron chi connectivity index (χ3n) is 4.62. The van der Waals surface area contributed by atoms with Crippen molar-refractivity contribution in [1.82, 2.24) is 0 Å². The van der Waals surface area contributed by atoms with Crippen LogP contribution in [0.3, 0.4) is 0 Å². The molecule has 0 saturated carbocycles. The van der Waals surface area contributed by atoms with Crippen molar-refractivity contribution in [2.75, 3.05) is 6.54 Å². The standard InChI is InChI=1S/C18H19BrFN/c19-15-8-7-14(17(20)10-15)11-18(12-21)9-3-5-13-4-1-2-6-16(13)18/h1-2,4,6-8,10H,3,5,9,11-12,21H2. The molecule has 1 unspecified atom stereocenters. The fourth-order valence-corrected chi connectivity index (χ4v) is 3.84. The van der Waals surface area contributed by atoms with Gasteiger partial charge in [-0.05, 0) is 54.5 Å². The summed E-state index contributed by atoms with van der Waals surface area (Å²) in [4.78, 5) is 0. The Balaban J connectivity index is 2.02. The van der Waals surface area contributed by atoms with Crippen LogP contribution in [0.1, 0.15) is 29.5 Å². The highest BCUT2D eigenvalue weighted by Crippen LogP contribution is 2.39. The van der Waals surface area contributed by atoms with Crippen LogP contribution in [0, 0.1) is 5.82 Å². The van der Waals surface area contributed by atoms with Gasteiger partial charge in [0.1, 0.15) is 5.82 Å². The molecule has 0 fully saturated rings. The first-order chi connectivity index (χ1) is 10.1. The molecule has 0 bridgehead atoms. The van der Waals surface area contributed by atoms with E-state index in [9.17, 15) is 4.39 Å². The molecule has 110 valence electrons. The third kappa shape index (κ3) is 2.77. The average Bonchev–Trinajstić information content (AvgIpc) is 2.50. The van der Waals surface area contributed by atoms with E-state index in [0.29, 0.717) is 13.0 Å². The predicted molar refractivity (Wildman–Crippen MR) is 87.9 cm³/mol. The van der Waals surface area contributed by atoms with Crippen molar-refractivity contribution < 1.29 is 4.39 Å². The van der Waals surface area contributed by atoms with E-state index in [4.69, 9.17) is 5.73 Å². The second-order valence-corrected chi connectivity index (χ2v) is 6.82. The molecule has 0 heterocycles. The summed E-state index contributed by atoms with van der Waals surface area (Å²) >= 11 is 3.31. The molecule has 0 amide bonds. The minimum atomic E-state index is -0.153. The smallest absolute Gasteiger partial charge is 0.127 e. The Hall–Kier alpha value is -1.19. The van der Waals surface area contributed by atoms with E-state index >= 15 is 0 Å². The van der Waals surface area contributed by atoms with E-state index < -0.39 is 0 Å². The van der Waals surface area contributed by atoms with Gasteiger partial charge in [-0.2, -0.15) is 0 Å². The first kappa shape index (κ1) is 14.7. The van der Waals surface area contributed by atoms with Crippen LogP contribution in [0.5, 0.6) is 0 Å². The maximum absolute atomic E-state index is 14.2. The zero-order chi connectivity index (χ0) is 14.9. The van der Waals surface area contributed by atoms with E-state index in [1.807, 2.05) is 12.1 Å². The van der Waals surface area contributed by atoms with Gasteiger partial charge in [-0.3, -0.25) is 0 Å². The van der Waals surface area contributed by atoms with Crippen molar-refractivity contribution in [3.8, 4) is 0 Å². The lowest BCUT2D eigenvalue weighted by Crippen LogP contribution is -2.40. The molecular weight excluding hydrogens is 329 g/mol. The van der Waals surface area contributed by atoms with Crippen molar-refractivity contribution in [2.24, 2.45) is 5.73 Å². The Kier molecular flexibility index (Phi) is 4.14. The van der Waals surface area contributed by atoms with Crippen molar-refractivity contribution in [3.05, 3.63) is 69.4 Å². The highest BCUT2D eigenvalue weighted by molar-refractivity contribution is 9.10. The largest absolute Gasteiger partial charge is 0.330 e. The summed E-state index contributed by atoms with van der Waals surface area (Å²) < 4.78 is 15.0. The molecule has 0 radical (unpaired) electrons. The zero-order valence-corrected chi connectivity index (χ0v) is 13.5. The highest BCUT2D eigenvalue weighted by atomic mass is 79.9. The number of nitrogens with two attached hydrogens (primary N) is 1. The van der Waals surface area contributed by atoms with Gasteiger partial charge < -0.3 is 5.73 Å². The second-order valence-electron chi connectivity index (χ2n) is 5.91. The maximum Gasteiger partial charge on any atom is 0.127 e. The first-order valence-corrected chi connectivity index (χ1v) is 8.16. The van der Waals surface area contributed by atoms with E-state index in [0.717, 1.165) is 29.3 Å². The molecule has 0 spiro atoms. The second kappa shape index (κ2) is 5.90. The molecule has 3 heteroatoms. The number of hydrogen-bond acceptors (Lipinski definition) is 1. The van der Waals surface area contributed by atoms with Crippen molar-refractivity contribution in [3.63, 3.8) is 0 Å². The molecule has 0 saturated heterocycles. The Morgan fingerprint density at radius 2 is 2.00 bits per heavy atom. The zero-order valence-electron chi connectivity index (χ0n) is 11.9. The Labute approximate surface area is 133 Å². The molecule has 21 heavy (non-hydrogen) atoms. The number of benzene rings is 2. The third-order valence-corrected chi connectivity index (χ3v) is 5.12. The Morgan fingerprint density at radius 3 is 2.76 bits per heavy atom.